The predicted octanol–water partition coefficient (Wildman–Crippen LogP) is -0.934. The van der Waals surface area contributed by atoms with Gasteiger partial charge in [0.15, 0.2) is 6.61 Å². The summed E-state index contributed by atoms with van der Waals surface area (Å²) in [4.78, 5) is 11.5. The molecule has 0 aliphatic heterocycles. The first-order valence-corrected chi connectivity index (χ1v) is 5.84. The lowest BCUT2D eigenvalue weighted by atomic mass is 10.0. The summed E-state index contributed by atoms with van der Waals surface area (Å²) < 4.78 is 5.80. The Hall–Kier alpha value is -0.120. The third-order valence-corrected chi connectivity index (χ3v) is 2.60. The first-order chi connectivity index (χ1) is 6.91. The van der Waals surface area contributed by atoms with Gasteiger partial charge in [0.05, 0.1) is 27.7 Å². The predicted molar refractivity (Wildman–Crippen MR) is 62.5 cm³/mol. The van der Waals surface area contributed by atoms with Crippen molar-refractivity contribution < 1.29 is 26.4 Å². The maximum atomic E-state index is 11.5. The number of hydrogen-bond acceptors (Lipinski definition) is 2. The Bertz CT molecular complexity index is 190. The Morgan fingerprint density at radius 2 is 1.81 bits per heavy atom. The Labute approximate surface area is 106 Å². The second kappa shape index (κ2) is 8.97. The van der Waals surface area contributed by atoms with Gasteiger partial charge in [0, 0.05) is 0 Å². The molecule has 16 heavy (non-hydrogen) atoms. The average molecular weight is 252 g/mol. The highest BCUT2D eigenvalue weighted by Crippen LogP contribution is 2.10. The zero-order valence-corrected chi connectivity index (χ0v) is 12.0. The van der Waals surface area contributed by atoms with E-state index in [1.165, 1.54) is 12.8 Å². The number of quaternary nitrogens is 1. The largest absolute Gasteiger partial charge is 1.00 e. The number of ether oxygens (including phenoxy) is 1. The van der Waals surface area contributed by atoms with E-state index in [1.54, 1.807) is 0 Å². The van der Waals surface area contributed by atoms with Crippen LogP contribution < -0.4 is 12.4 Å². The molecule has 4 heteroatoms. The van der Waals surface area contributed by atoms with E-state index >= 15 is 0 Å². The minimum Gasteiger partial charge on any atom is -1.00 e. The fourth-order valence-electron chi connectivity index (χ4n) is 1.32. The Kier molecular flexibility index (Phi) is 10.2. The van der Waals surface area contributed by atoms with E-state index in [4.69, 9.17) is 4.74 Å². The van der Waals surface area contributed by atoms with Crippen molar-refractivity contribution in [1.82, 2.24) is 0 Å². The van der Waals surface area contributed by atoms with E-state index in [0.717, 1.165) is 13.0 Å². The summed E-state index contributed by atoms with van der Waals surface area (Å²) in [5.41, 5.74) is 0. The monoisotopic (exact) mass is 251 g/mol. The van der Waals surface area contributed by atoms with Gasteiger partial charge in [-0.15, -0.1) is 0 Å². The van der Waals surface area contributed by atoms with Gasteiger partial charge in [-0.2, -0.15) is 0 Å². The molecule has 0 aromatic heterocycles. The van der Waals surface area contributed by atoms with Gasteiger partial charge in [-0.05, 0) is 12.3 Å². The quantitative estimate of drug-likeness (QED) is 0.547. The van der Waals surface area contributed by atoms with Crippen LogP contribution in [-0.2, 0) is 9.53 Å². The fraction of sp³-hybridized carbons (Fsp3) is 0.917. The Balaban J connectivity index is 0. The number of carbonyl (C=O) groups is 1. The number of nitrogens with zero attached hydrogens (tertiary/aromatic N) is 1. The Morgan fingerprint density at radius 1 is 1.25 bits per heavy atom. The molecule has 0 saturated heterocycles. The molecule has 0 aromatic rings. The van der Waals surface area contributed by atoms with Gasteiger partial charge in [-0.3, -0.25) is 4.48 Å². The third kappa shape index (κ3) is 8.08. The lowest BCUT2D eigenvalue weighted by Crippen LogP contribution is -3.00. The summed E-state index contributed by atoms with van der Waals surface area (Å²) in [6.07, 6.45) is 3.51. The molecule has 0 fully saturated rings. The molecule has 1 unspecified atom stereocenters. The van der Waals surface area contributed by atoms with Crippen LogP contribution in [0.2, 0.25) is 0 Å². The number of hydrogen-bond donors (Lipinski definition) is 0. The topological polar surface area (TPSA) is 26.3 Å². The summed E-state index contributed by atoms with van der Waals surface area (Å²) >= 11 is 0. The summed E-state index contributed by atoms with van der Waals surface area (Å²) in [6.45, 7) is 5.31. The van der Waals surface area contributed by atoms with Crippen LogP contribution in [0.15, 0.2) is 0 Å². The molecule has 98 valence electrons. The maximum Gasteiger partial charge on any atom is 0.338 e. The summed E-state index contributed by atoms with van der Waals surface area (Å²) in [6, 6.07) is 0. The molecule has 0 radical (unpaired) electrons. The van der Waals surface area contributed by atoms with Crippen molar-refractivity contribution in [1.29, 1.82) is 0 Å². The molecule has 0 spiro atoms. The first-order valence-electron chi connectivity index (χ1n) is 5.84. The van der Waals surface area contributed by atoms with Crippen LogP contribution in [0.4, 0.5) is 0 Å². The van der Waals surface area contributed by atoms with Crippen LogP contribution in [0.3, 0.4) is 0 Å². The minimum absolute atomic E-state index is 0. The van der Waals surface area contributed by atoms with Crippen molar-refractivity contribution in [2.45, 2.75) is 33.1 Å². The van der Waals surface area contributed by atoms with Gasteiger partial charge >= 0.3 is 5.91 Å². The van der Waals surface area contributed by atoms with Crippen LogP contribution in [0.5, 0.6) is 0 Å². The highest BCUT2D eigenvalue weighted by molar-refractivity contribution is 5.69. The number of rotatable bonds is 7. The van der Waals surface area contributed by atoms with E-state index in [2.05, 4.69) is 13.8 Å². The van der Waals surface area contributed by atoms with Gasteiger partial charge in [0.1, 0.15) is 0 Å². The number of likely N-dealkylation sites (N-methyl/N-ethyl adjacent to an activating group) is 1. The highest BCUT2D eigenvalue weighted by atomic mass is 35.5. The molecule has 0 aromatic carbocycles. The molecule has 0 saturated carbocycles. The van der Waals surface area contributed by atoms with E-state index in [9.17, 15) is 4.79 Å². The molecule has 0 heterocycles. The van der Waals surface area contributed by atoms with Crippen LogP contribution in [-0.4, -0.2) is 44.7 Å². The van der Waals surface area contributed by atoms with Crippen molar-refractivity contribution in [3.8, 4) is 0 Å². The van der Waals surface area contributed by atoms with Gasteiger partial charge < -0.3 is 17.1 Å². The van der Waals surface area contributed by atoms with Gasteiger partial charge in [0.25, 0.3) is 0 Å². The van der Waals surface area contributed by atoms with E-state index in [-0.39, 0.29) is 24.9 Å². The summed E-state index contributed by atoms with van der Waals surface area (Å²) in [7, 11) is 5.61. The lowest BCUT2D eigenvalue weighted by Gasteiger charge is -2.21. The van der Waals surface area contributed by atoms with Crippen molar-refractivity contribution >= 4 is 5.91 Å². The highest BCUT2D eigenvalue weighted by Gasteiger charge is 2.20. The smallest absolute Gasteiger partial charge is 0.338 e. The second-order valence-electron chi connectivity index (χ2n) is 4.98. The van der Waals surface area contributed by atoms with Crippen molar-refractivity contribution in [3.63, 3.8) is 0 Å². The third-order valence-electron chi connectivity index (χ3n) is 2.60. The van der Waals surface area contributed by atoms with Crippen molar-refractivity contribution in [2.24, 2.45) is 5.92 Å². The standard InChI is InChI=1S/C12H26NO2.ClH/c1-6-8-11(7-2)9-15-10-12(14)13(3,4)5;/h11H,6-10H2,1-5H3;1H/q+1;/p-1. The van der Waals surface area contributed by atoms with E-state index in [0.29, 0.717) is 10.4 Å². The molecule has 0 N–H and O–H groups in total. The lowest BCUT2D eigenvalue weighted by molar-refractivity contribution is -0.792. The minimum atomic E-state index is 0. The normalized spacial score (nSPS) is 13.1. The molecular formula is C12H26ClNO2. The molecule has 1 amide bonds. The second-order valence-corrected chi connectivity index (χ2v) is 4.98. The van der Waals surface area contributed by atoms with Crippen molar-refractivity contribution in [3.05, 3.63) is 0 Å². The van der Waals surface area contributed by atoms with Crippen LogP contribution >= 0.6 is 0 Å². The van der Waals surface area contributed by atoms with Crippen LogP contribution in [0, 0.1) is 5.92 Å². The van der Waals surface area contributed by atoms with Crippen molar-refractivity contribution in [2.75, 3.05) is 34.4 Å². The molecule has 0 rings (SSSR count). The number of carbonyl (C=O) groups excluding carboxylic acids is 1. The van der Waals surface area contributed by atoms with E-state index < -0.39 is 0 Å². The SMILES string of the molecule is CCCC(CC)COCC(=O)[N+](C)(C)C.[Cl-]. The van der Waals surface area contributed by atoms with Crippen LogP contribution in [0.1, 0.15) is 33.1 Å². The van der Waals surface area contributed by atoms with Gasteiger partial charge in [-0.1, -0.05) is 26.7 Å². The zero-order valence-electron chi connectivity index (χ0n) is 11.3. The van der Waals surface area contributed by atoms with Gasteiger partial charge in [-0.25, -0.2) is 4.79 Å². The molecule has 0 aliphatic rings. The van der Waals surface area contributed by atoms with Gasteiger partial charge in [0.2, 0.25) is 0 Å². The fourth-order valence-corrected chi connectivity index (χ4v) is 1.32. The molecule has 1 atom stereocenters. The maximum absolute atomic E-state index is 11.5. The molecule has 0 aliphatic carbocycles. The number of halogens is 1. The molecule has 0 bridgehead atoms. The average Bonchev–Trinajstić information content (AvgIpc) is 2.14. The molecule has 3 nitrogen and oxygen atoms in total. The molecular weight excluding hydrogens is 226 g/mol. The summed E-state index contributed by atoms with van der Waals surface area (Å²) in [5, 5.41) is 0. The Morgan fingerprint density at radius 3 is 2.19 bits per heavy atom. The van der Waals surface area contributed by atoms with Crippen LogP contribution in [0.25, 0.3) is 0 Å². The zero-order chi connectivity index (χ0) is 11.9. The number of amides is 1. The van der Waals surface area contributed by atoms with E-state index in [1.807, 2.05) is 21.1 Å². The summed E-state index contributed by atoms with van der Waals surface area (Å²) in [5.74, 6) is 0.733. The first kappa shape index (κ1) is 18.3.